The van der Waals surface area contributed by atoms with Crippen LogP contribution < -0.4 is 5.32 Å². The summed E-state index contributed by atoms with van der Waals surface area (Å²) >= 11 is 0. The van der Waals surface area contributed by atoms with Gasteiger partial charge in [-0.1, -0.05) is 0 Å². The van der Waals surface area contributed by atoms with Gasteiger partial charge in [-0.2, -0.15) is 5.10 Å². The van der Waals surface area contributed by atoms with Gasteiger partial charge in [-0.15, -0.1) is 0 Å². The zero-order chi connectivity index (χ0) is 16.7. The van der Waals surface area contributed by atoms with Crippen molar-refractivity contribution in [2.75, 3.05) is 6.54 Å². The Bertz CT molecular complexity index is 953. The molecule has 4 rings (SSSR count). The molecule has 0 aliphatic carbocycles. The van der Waals surface area contributed by atoms with Crippen molar-refractivity contribution >= 4 is 5.91 Å². The first kappa shape index (κ1) is 14.4. The zero-order valence-electron chi connectivity index (χ0n) is 12.3. The van der Waals surface area contributed by atoms with E-state index in [1.165, 1.54) is 12.3 Å². The summed E-state index contributed by atoms with van der Waals surface area (Å²) in [4.78, 5) is 20.1. The predicted molar refractivity (Wildman–Crippen MR) is 80.9 cm³/mol. The van der Waals surface area contributed by atoms with Crippen molar-refractivity contribution < 1.29 is 13.6 Å². The third-order valence-corrected chi connectivity index (χ3v) is 3.71. The Labute approximate surface area is 135 Å². The highest BCUT2D eigenvalue weighted by atomic mass is 19.1. The number of nitrogens with one attached hydrogen (secondary N) is 1. The summed E-state index contributed by atoms with van der Waals surface area (Å²) in [5, 5.41) is 7.09. The highest BCUT2D eigenvalue weighted by Crippen LogP contribution is 2.23. The summed E-state index contributed by atoms with van der Waals surface area (Å²) in [6.45, 7) is 1.09. The minimum atomic E-state index is -0.740. The SMILES string of the molecule is O=C1NCCn2nc(-c3ccnc(-c4ccc(F)cc4F)n3)cc21. The molecule has 0 saturated carbocycles. The first-order valence-corrected chi connectivity index (χ1v) is 7.27. The number of benzene rings is 1. The molecule has 2 aromatic heterocycles. The number of rotatable bonds is 2. The van der Waals surface area contributed by atoms with Crippen LogP contribution >= 0.6 is 0 Å². The second kappa shape index (κ2) is 5.48. The van der Waals surface area contributed by atoms with Crippen molar-refractivity contribution in [3.8, 4) is 22.8 Å². The van der Waals surface area contributed by atoms with Gasteiger partial charge in [0.25, 0.3) is 5.91 Å². The molecule has 0 atom stereocenters. The summed E-state index contributed by atoms with van der Waals surface area (Å²) in [5.41, 5.74) is 1.50. The molecule has 0 spiro atoms. The van der Waals surface area contributed by atoms with Crippen LogP contribution in [0.15, 0.2) is 36.5 Å². The second-order valence-corrected chi connectivity index (χ2v) is 5.28. The molecule has 1 N–H and O–H groups in total. The number of halogens is 2. The minimum Gasteiger partial charge on any atom is -0.349 e. The van der Waals surface area contributed by atoms with Gasteiger partial charge in [0.2, 0.25) is 0 Å². The lowest BCUT2D eigenvalue weighted by molar-refractivity contribution is 0.0924. The van der Waals surface area contributed by atoms with E-state index >= 15 is 0 Å². The maximum atomic E-state index is 13.9. The Kier molecular flexibility index (Phi) is 3.30. The lowest BCUT2D eigenvalue weighted by Crippen LogP contribution is -2.35. The zero-order valence-corrected chi connectivity index (χ0v) is 12.3. The molecular formula is C16H11F2N5O. The molecule has 1 aliphatic heterocycles. The number of hydrogen-bond donors (Lipinski definition) is 1. The number of amides is 1. The first-order valence-electron chi connectivity index (χ1n) is 7.27. The van der Waals surface area contributed by atoms with Gasteiger partial charge >= 0.3 is 0 Å². The molecule has 1 amide bonds. The normalized spacial score (nSPS) is 13.5. The van der Waals surface area contributed by atoms with Crippen LogP contribution in [0.4, 0.5) is 8.78 Å². The predicted octanol–water partition coefficient (Wildman–Crippen LogP) is 2.03. The quantitative estimate of drug-likeness (QED) is 0.782. The maximum absolute atomic E-state index is 13.9. The van der Waals surface area contributed by atoms with Crippen LogP contribution in [0, 0.1) is 11.6 Å². The Hall–Kier alpha value is -3.16. The Morgan fingerprint density at radius 3 is 2.79 bits per heavy atom. The molecule has 0 fully saturated rings. The van der Waals surface area contributed by atoms with E-state index in [2.05, 4.69) is 20.4 Å². The van der Waals surface area contributed by atoms with Crippen LogP contribution in [0.3, 0.4) is 0 Å². The average molecular weight is 327 g/mol. The molecule has 120 valence electrons. The van der Waals surface area contributed by atoms with Crippen molar-refractivity contribution in [3.05, 3.63) is 53.9 Å². The van der Waals surface area contributed by atoms with E-state index in [4.69, 9.17) is 0 Å². The molecule has 1 aromatic carbocycles. The third kappa shape index (κ3) is 2.41. The van der Waals surface area contributed by atoms with Gasteiger partial charge < -0.3 is 5.32 Å². The fourth-order valence-electron chi connectivity index (χ4n) is 2.56. The van der Waals surface area contributed by atoms with Crippen LogP contribution in [-0.2, 0) is 6.54 Å². The number of nitrogens with zero attached hydrogens (tertiary/aromatic N) is 4. The lowest BCUT2D eigenvalue weighted by Gasteiger charge is -2.13. The molecule has 0 radical (unpaired) electrons. The van der Waals surface area contributed by atoms with Gasteiger partial charge in [0, 0.05) is 18.8 Å². The third-order valence-electron chi connectivity index (χ3n) is 3.71. The van der Waals surface area contributed by atoms with E-state index < -0.39 is 11.6 Å². The number of carbonyl (C=O) groups excluding carboxylic acids is 1. The van der Waals surface area contributed by atoms with Crippen LogP contribution in [0.1, 0.15) is 10.5 Å². The summed E-state index contributed by atoms with van der Waals surface area (Å²) < 4.78 is 28.6. The van der Waals surface area contributed by atoms with Gasteiger partial charge in [0.15, 0.2) is 5.82 Å². The van der Waals surface area contributed by atoms with E-state index in [1.807, 2.05) is 0 Å². The molecule has 0 unspecified atom stereocenters. The molecule has 3 heterocycles. The number of carbonyl (C=O) groups is 1. The first-order chi connectivity index (χ1) is 11.6. The van der Waals surface area contributed by atoms with E-state index in [1.54, 1.807) is 16.8 Å². The van der Waals surface area contributed by atoms with Gasteiger partial charge in [0.1, 0.15) is 23.0 Å². The van der Waals surface area contributed by atoms with Crippen molar-refractivity contribution in [1.82, 2.24) is 25.1 Å². The molecule has 6 nitrogen and oxygen atoms in total. The van der Waals surface area contributed by atoms with E-state index in [9.17, 15) is 13.6 Å². The van der Waals surface area contributed by atoms with Crippen molar-refractivity contribution in [2.24, 2.45) is 0 Å². The lowest BCUT2D eigenvalue weighted by atomic mass is 10.2. The standard InChI is InChI=1S/C16H11F2N5O/c17-9-1-2-10(11(18)7-9)15-19-4-3-12(21-15)13-8-14-16(24)20-5-6-23(14)22-13/h1-4,7-8H,5-6H2,(H,20,24). The monoisotopic (exact) mass is 327 g/mol. The van der Waals surface area contributed by atoms with Crippen LogP contribution in [-0.4, -0.2) is 32.2 Å². The Balaban J connectivity index is 1.77. The van der Waals surface area contributed by atoms with E-state index in [0.717, 1.165) is 12.1 Å². The molecule has 8 heteroatoms. The number of hydrogen-bond acceptors (Lipinski definition) is 4. The summed E-state index contributed by atoms with van der Waals surface area (Å²) in [6, 6.07) is 6.47. The van der Waals surface area contributed by atoms with Crippen molar-refractivity contribution in [1.29, 1.82) is 0 Å². The minimum absolute atomic E-state index is 0.0972. The van der Waals surface area contributed by atoms with E-state index in [-0.39, 0.29) is 17.3 Å². The molecule has 0 saturated heterocycles. The highest BCUT2D eigenvalue weighted by Gasteiger charge is 2.20. The van der Waals surface area contributed by atoms with Crippen LogP contribution in [0.5, 0.6) is 0 Å². The fraction of sp³-hybridized carbons (Fsp3) is 0.125. The van der Waals surface area contributed by atoms with Crippen LogP contribution in [0.25, 0.3) is 22.8 Å². The molecule has 24 heavy (non-hydrogen) atoms. The van der Waals surface area contributed by atoms with Crippen molar-refractivity contribution in [2.45, 2.75) is 6.54 Å². The van der Waals surface area contributed by atoms with Gasteiger partial charge in [-0.3, -0.25) is 9.48 Å². The fourth-order valence-corrected chi connectivity index (χ4v) is 2.56. The summed E-state index contributed by atoms with van der Waals surface area (Å²) in [7, 11) is 0. The number of fused-ring (bicyclic) bond motifs is 1. The van der Waals surface area contributed by atoms with Gasteiger partial charge in [-0.05, 0) is 24.3 Å². The molecule has 3 aromatic rings. The maximum Gasteiger partial charge on any atom is 0.269 e. The highest BCUT2D eigenvalue weighted by molar-refractivity contribution is 5.94. The van der Waals surface area contributed by atoms with E-state index in [0.29, 0.717) is 30.2 Å². The smallest absolute Gasteiger partial charge is 0.269 e. The topological polar surface area (TPSA) is 72.7 Å². The van der Waals surface area contributed by atoms with Crippen molar-refractivity contribution in [3.63, 3.8) is 0 Å². The van der Waals surface area contributed by atoms with Gasteiger partial charge in [0.05, 0.1) is 17.8 Å². The summed E-state index contributed by atoms with van der Waals surface area (Å²) in [6.07, 6.45) is 1.47. The Morgan fingerprint density at radius 1 is 1.12 bits per heavy atom. The molecular weight excluding hydrogens is 316 g/mol. The Morgan fingerprint density at radius 2 is 2.00 bits per heavy atom. The molecule has 1 aliphatic rings. The number of aromatic nitrogens is 4. The molecule has 0 bridgehead atoms. The average Bonchev–Trinajstić information content (AvgIpc) is 3.01. The van der Waals surface area contributed by atoms with Crippen LogP contribution in [0.2, 0.25) is 0 Å². The second-order valence-electron chi connectivity index (χ2n) is 5.28. The van der Waals surface area contributed by atoms with Gasteiger partial charge in [-0.25, -0.2) is 18.7 Å². The summed E-state index contributed by atoms with van der Waals surface area (Å²) in [5.74, 6) is -1.48. The largest absolute Gasteiger partial charge is 0.349 e.